The van der Waals surface area contributed by atoms with Crippen LogP contribution in [0.5, 0.6) is 0 Å². The van der Waals surface area contributed by atoms with Crippen molar-refractivity contribution in [3.05, 3.63) is 52.2 Å². The maximum atomic E-state index is 12.7. The van der Waals surface area contributed by atoms with E-state index >= 15 is 0 Å². The van der Waals surface area contributed by atoms with Crippen LogP contribution in [-0.4, -0.2) is 54.8 Å². The normalized spacial score (nSPS) is 14.6. The number of hydrogen-bond acceptors (Lipinski definition) is 5. The van der Waals surface area contributed by atoms with Crippen LogP contribution in [0.4, 0.5) is 5.69 Å². The monoisotopic (exact) mass is 470 g/mol. The molecule has 3 rings (SSSR count). The van der Waals surface area contributed by atoms with Crippen LogP contribution in [0.25, 0.3) is 0 Å². The molecule has 1 aromatic carbocycles. The third-order valence-electron chi connectivity index (χ3n) is 5.68. The summed E-state index contributed by atoms with van der Waals surface area (Å²) < 4.78 is 0. The molecule has 0 atom stereocenters. The van der Waals surface area contributed by atoms with E-state index in [9.17, 15) is 14.4 Å². The molecule has 1 fully saturated rings. The van der Waals surface area contributed by atoms with Crippen LogP contribution in [-0.2, 0) is 16.0 Å². The van der Waals surface area contributed by atoms with Gasteiger partial charge in [0.25, 0.3) is 5.91 Å². The van der Waals surface area contributed by atoms with Crippen molar-refractivity contribution >= 4 is 34.7 Å². The number of thiophene rings is 1. The Bertz CT molecular complexity index is 908. The van der Waals surface area contributed by atoms with Crippen LogP contribution < -0.4 is 16.0 Å². The third kappa shape index (κ3) is 8.63. The molecule has 3 N–H and O–H groups in total. The lowest BCUT2D eigenvalue weighted by molar-refractivity contribution is -0.122. The Kier molecular flexibility index (Phi) is 9.90. The van der Waals surface area contributed by atoms with Crippen LogP contribution in [0.3, 0.4) is 0 Å². The lowest BCUT2D eigenvalue weighted by Crippen LogP contribution is -2.47. The molecule has 8 heteroatoms. The molecule has 0 radical (unpaired) electrons. The average Bonchev–Trinajstić information content (AvgIpc) is 3.32. The summed E-state index contributed by atoms with van der Waals surface area (Å²) in [6.07, 6.45) is 4.70. The maximum absolute atomic E-state index is 12.7. The number of nitrogens with one attached hydrogen (secondary N) is 3. The lowest BCUT2D eigenvalue weighted by atomic mass is 10.0. The predicted molar refractivity (Wildman–Crippen MR) is 133 cm³/mol. The van der Waals surface area contributed by atoms with Crippen molar-refractivity contribution in [3.63, 3.8) is 0 Å². The van der Waals surface area contributed by atoms with Crippen molar-refractivity contribution in [2.45, 2.75) is 51.5 Å². The number of nitrogens with zero attached hydrogens (tertiary/aromatic N) is 1. The molecule has 0 saturated carbocycles. The largest absolute Gasteiger partial charge is 0.355 e. The molecule has 1 aliphatic heterocycles. The highest BCUT2D eigenvalue weighted by molar-refractivity contribution is 7.09. The zero-order valence-electron chi connectivity index (χ0n) is 19.3. The van der Waals surface area contributed by atoms with Gasteiger partial charge in [-0.25, -0.2) is 0 Å². The summed E-state index contributed by atoms with van der Waals surface area (Å²) in [5, 5.41) is 10.9. The zero-order chi connectivity index (χ0) is 23.5. The molecule has 7 nitrogen and oxygen atoms in total. The number of rotatable bonds is 11. The van der Waals surface area contributed by atoms with Gasteiger partial charge >= 0.3 is 0 Å². The Hall–Kier alpha value is -2.71. The first kappa shape index (κ1) is 24.9. The van der Waals surface area contributed by atoms with Crippen LogP contribution in [0, 0.1) is 0 Å². The number of likely N-dealkylation sites (tertiary alicyclic amines) is 1. The summed E-state index contributed by atoms with van der Waals surface area (Å²) in [5.74, 6) is -0.118. The van der Waals surface area contributed by atoms with Gasteiger partial charge in [-0.2, -0.15) is 0 Å². The molecule has 3 amide bonds. The van der Waals surface area contributed by atoms with Gasteiger partial charge in [-0.3, -0.25) is 19.3 Å². The van der Waals surface area contributed by atoms with Crippen molar-refractivity contribution in [1.82, 2.24) is 15.5 Å². The van der Waals surface area contributed by atoms with E-state index < -0.39 is 0 Å². The first-order valence-corrected chi connectivity index (χ1v) is 12.6. The summed E-state index contributed by atoms with van der Waals surface area (Å²) in [6.45, 7) is 4.72. The van der Waals surface area contributed by atoms with E-state index in [1.54, 1.807) is 35.6 Å². The quantitative estimate of drug-likeness (QED) is 0.469. The SMILES string of the molecule is CCCNC(=O)CN1CCC(NC(=O)c2cccc(NC(=O)CCCc3cccs3)c2)CC1. The van der Waals surface area contributed by atoms with Gasteiger partial charge in [-0.1, -0.05) is 19.1 Å². The Morgan fingerprint density at radius 2 is 1.91 bits per heavy atom. The van der Waals surface area contributed by atoms with Crippen molar-refractivity contribution < 1.29 is 14.4 Å². The average molecular weight is 471 g/mol. The van der Waals surface area contributed by atoms with Gasteiger partial charge in [0, 0.05) is 48.2 Å². The van der Waals surface area contributed by atoms with Gasteiger partial charge in [0.05, 0.1) is 6.54 Å². The van der Waals surface area contributed by atoms with E-state index in [2.05, 4.69) is 26.9 Å². The number of benzene rings is 1. The molecule has 0 aliphatic carbocycles. The fraction of sp³-hybridized carbons (Fsp3) is 0.480. The van der Waals surface area contributed by atoms with E-state index in [1.807, 2.05) is 18.4 Å². The lowest BCUT2D eigenvalue weighted by Gasteiger charge is -2.31. The van der Waals surface area contributed by atoms with Gasteiger partial charge in [0.2, 0.25) is 11.8 Å². The maximum Gasteiger partial charge on any atom is 0.251 e. The van der Waals surface area contributed by atoms with E-state index in [4.69, 9.17) is 0 Å². The number of amides is 3. The highest BCUT2D eigenvalue weighted by Gasteiger charge is 2.22. The second kappa shape index (κ2) is 13.1. The highest BCUT2D eigenvalue weighted by Crippen LogP contribution is 2.15. The fourth-order valence-corrected chi connectivity index (χ4v) is 4.62. The molecule has 178 valence electrons. The van der Waals surface area contributed by atoms with Crippen LogP contribution in [0.1, 0.15) is 54.3 Å². The zero-order valence-corrected chi connectivity index (χ0v) is 20.1. The Morgan fingerprint density at radius 1 is 1.09 bits per heavy atom. The van der Waals surface area contributed by atoms with Crippen LogP contribution >= 0.6 is 11.3 Å². The second-order valence-electron chi connectivity index (χ2n) is 8.44. The molecule has 33 heavy (non-hydrogen) atoms. The number of hydrogen-bond donors (Lipinski definition) is 3. The predicted octanol–water partition coefficient (Wildman–Crippen LogP) is 3.43. The molecule has 0 spiro atoms. The van der Waals surface area contributed by atoms with E-state index in [0.717, 1.165) is 45.2 Å². The number of piperidine rings is 1. The Balaban J connectivity index is 1.40. The summed E-state index contributed by atoms with van der Waals surface area (Å²) in [5.41, 5.74) is 1.17. The minimum atomic E-state index is -0.136. The third-order valence-corrected chi connectivity index (χ3v) is 6.61. The first-order valence-electron chi connectivity index (χ1n) is 11.8. The van der Waals surface area contributed by atoms with Crippen molar-refractivity contribution in [1.29, 1.82) is 0 Å². The molecular formula is C25H34N4O3S. The van der Waals surface area contributed by atoms with Gasteiger partial charge in [-0.15, -0.1) is 11.3 Å². The second-order valence-corrected chi connectivity index (χ2v) is 9.47. The number of carbonyl (C=O) groups is 3. The smallest absolute Gasteiger partial charge is 0.251 e. The van der Waals surface area contributed by atoms with Crippen LogP contribution in [0.2, 0.25) is 0 Å². The molecule has 2 heterocycles. The van der Waals surface area contributed by atoms with Gasteiger partial charge < -0.3 is 16.0 Å². The molecule has 1 aliphatic rings. The van der Waals surface area contributed by atoms with E-state index in [-0.39, 0.29) is 23.8 Å². The summed E-state index contributed by atoms with van der Waals surface area (Å²) in [7, 11) is 0. The molecule has 2 aromatic rings. The Morgan fingerprint density at radius 3 is 2.64 bits per heavy atom. The summed E-state index contributed by atoms with van der Waals surface area (Å²) in [6, 6.07) is 11.3. The Labute approximate surface area is 199 Å². The number of carbonyl (C=O) groups excluding carboxylic acids is 3. The molecule has 1 aromatic heterocycles. The first-order chi connectivity index (χ1) is 16.0. The molecular weight excluding hydrogens is 436 g/mol. The summed E-state index contributed by atoms with van der Waals surface area (Å²) >= 11 is 1.71. The fourth-order valence-electron chi connectivity index (χ4n) is 3.87. The minimum absolute atomic E-state index is 0.0422. The molecule has 0 bridgehead atoms. The molecule has 0 unspecified atom stereocenters. The number of aryl methyl sites for hydroxylation is 1. The topological polar surface area (TPSA) is 90.5 Å². The number of anilines is 1. The van der Waals surface area contributed by atoms with E-state index in [0.29, 0.717) is 30.8 Å². The van der Waals surface area contributed by atoms with Crippen molar-refractivity contribution in [2.24, 2.45) is 0 Å². The van der Waals surface area contributed by atoms with Gasteiger partial charge in [0.1, 0.15) is 0 Å². The standard InChI is InChI=1S/C25H34N4O3S/c1-2-13-26-24(31)18-29-14-11-20(12-15-29)28-25(32)19-6-3-7-21(17-19)27-23(30)10-4-8-22-9-5-16-33-22/h3,5-7,9,16-17,20H,2,4,8,10-15,18H2,1H3,(H,26,31)(H,27,30)(H,28,32). The van der Waals surface area contributed by atoms with Crippen molar-refractivity contribution in [3.8, 4) is 0 Å². The van der Waals surface area contributed by atoms with E-state index in [1.165, 1.54) is 4.88 Å². The van der Waals surface area contributed by atoms with Crippen LogP contribution in [0.15, 0.2) is 41.8 Å². The molecule has 1 saturated heterocycles. The van der Waals surface area contributed by atoms with Gasteiger partial charge in [-0.05, 0) is 61.7 Å². The summed E-state index contributed by atoms with van der Waals surface area (Å²) in [4.78, 5) is 40.3. The van der Waals surface area contributed by atoms with Gasteiger partial charge in [0.15, 0.2) is 0 Å². The highest BCUT2D eigenvalue weighted by atomic mass is 32.1. The van der Waals surface area contributed by atoms with Crippen molar-refractivity contribution in [2.75, 3.05) is 31.5 Å². The minimum Gasteiger partial charge on any atom is -0.355 e.